The maximum atomic E-state index is 2.36. The first-order valence-electron chi connectivity index (χ1n) is 7.30. The zero-order valence-electron chi connectivity index (χ0n) is 12.6. The standard InChI is InChI=1S/C18H25P/c1-14(2)12-19(13-15(3)4)18-11-7-9-16-8-5-6-10-17(16)18/h5-11,14-15H,12-13H2,1-4H3. The van der Waals surface area contributed by atoms with E-state index in [1.54, 1.807) is 5.30 Å². The lowest BCUT2D eigenvalue weighted by atomic mass is 10.1. The first-order chi connectivity index (χ1) is 9.08. The molecule has 0 aliphatic rings. The molecule has 0 saturated heterocycles. The molecule has 0 saturated carbocycles. The van der Waals surface area contributed by atoms with Crippen molar-refractivity contribution in [3.8, 4) is 0 Å². The molecule has 0 aliphatic carbocycles. The molecule has 0 fully saturated rings. The summed E-state index contributed by atoms with van der Waals surface area (Å²) in [5.41, 5.74) is 0. The van der Waals surface area contributed by atoms with Gasteiger partial charge in [0.05, 0.1) is 0 Å². The predicted molar refractivity (Wildman–Crippen MR) is 89.9 cm³/mol. The molecule has 2 aromatic rings. The third kappa shape index (κ3) is 3.80. The van der Waals surface area contributed by atoms with Crippen LogP contribution in [-0.2, 0) is 0 Å². The van der Waals surface area contributed by atoms with Gasteiger partial charge in [-0.2, -0.15) is 0 Å². The van der Waals surface area contributed by atoms with E-state index in [0.29, 0.717) is 0 Å². The number of rotatable bonds is 5. The van der Waals surface area contributed by atoms with E-state index >= 15 is 0 Å². The van der Waals surface area contributed by atoms with Gasteiger partial charge in [-0.25, -0.2) is 0 Å². The average molecular weight is 272 g/mol. The topological polar surface area (TPSA) is 0 Å². The number of fused-ring (bicyclic) bond motifs is 1. The second-order valence-corrected chi connectivity index (χ2v) is 8.48. The van der Waals surface area contributed by atoms with Gasteiger partial charge in [-0.05, 0) is 40.2 Å². The van der Waals surface area contributed by atoms with E-state index in [2.05, 4.69) is 70.2 Å². The smallest absolute Gasteiger partial charge is 0.0107 e. The Balaban J connectivity index is 2.42. The van der Waals surface area contributed by atoms with Crippen LogP contribution in [0, 0.1) is 11.8 Å². The summed E-state index contributed by atoms with van der Waals surface area (Å²) in [6.07, 6.45) is 2.70. The summed E-state index contributed by atoms with van der Waals surface area (Å²) in [6.45, 7) is 9.39. The molecule has 0 atom stereocenters. The summed E-state index contributed by atoms with van der Waals surface area (Å²) in [4.78, 5) is 0. The molecule has 0 amide bonds. The van der Waals surface area contributed by atoms with E-state index in [4.69, 9.17) is 0 Å². The Morgan fingerprint density at radius 2 is 1.37 bits per heavy atom. The molecule has 0 spiro atoms. The molecule has 0 N–H and O–H groups in total. The molecule has 0 nitrogen and oxygen atoms in total. The lowest BCUT2D eigenvalue weighted by molar-refractivity contribution is 0.721. The van der Waals surface area contributed by atoms with Crippen molar-refractivity contribution in [3.05, 3.63) is 42.5 Å². The van der Waals surface area contributed by atoms with E-state index < -0.39 is 0 Å². The maximum Gasteiger partial charge on any atom is -0.0107 e. The monoisotopic (exact) mass is 272 g/mol. The Morgan fingerprint density at radius 3 is 2.00 bits per heavy atom. The highest BCUT2D eigenvalue weighted by molar-refractivity contribution is 7.66. The van der Waals surface area contributed by atoms with Crippen molar-refractivity contribution >= 4 is 24.0 Å². The number of benzene rings is 2. The maximum absolute atomic E-state index is 2.36. The quantitative estimate of drug-likeness (QED) is 0.651. The van der Waals surface area contributed by atoms with Crippen molar-refractivity contribution in [2.75, 3.05) is 12.3 Å². The van der Waals surface area contributed by atoms with E-state index in [1.807, 2.05) is 0 Å². The Bertz CT molecular complexity index is 513. The van der Waals surface area contributed by atoms with Gasteiger partial charge in [-0.15, -0.1) is 0 Å². The lowest BCUT2D eigenvalue weighted by Gasteiger charge is -2.23. The van der Waals surface area contributed by atoms with Crippen molar-refractivity contribution < 1.29 is 0 Å². The number of hydrogen-bond acceptors (Lipinski definition) is 0. The van der Waals surface area contributed by atoms with Crippen LogP contribution in [0.2, 0.25) is 0 Å². The molecule has 0 heterocycles. The largest absolute Gasteiger partial charge is 0.0741 e. The summed E-state index contributed by atoms with van der Waals surface area (Å²) in [6, 6.07) is 15.7. The second kappa shape index (κ2) is 6.53. The van der Waals surface area contributed by atoms with Gasteiger partial charge in [-0.1, -0.05) is 78.1 Å². The summed E-state index contributed by atoms with van der Waals surface area (Å²) < 4.78 is 0. The molecule has 0 aromatic heterocycles. The Kier molecular flexibility index (Phi) is 4.99. The highest BCUT2D eigenvalue weighted by Gasteiger charge is 2.16. The molecule has 0 bridgehead atoms. The summed E-state index contributed by atoms with van der Waals surface area (Å²) in [5.74, 6) is 1.56. The van der Waals surface area contributed by atoms with Gasteiger partial charge < -0.3 is 0 Å². The molecule has 0 aliphatic heterocycles. The highest BCUT2D eigenvalue weighted by atomic mass is 31.1. The van der Waals surface area contributed by atoms with E-state index in [1.165, 1.54) is 23.1 Å². The van der Waals surface area contributed by atoms with Gasteiger partial charge in [0.2, 0.25) is 0 Å². The van der Waals surface area contributed by atoms with Crippen molar-refractivity contribution in [1.82, 2.24) is 0 Å². The van der Waals surface area contributed by atoms with E-state index in [0.717, 1.165) is 11.8 Å². The molecular weight excluding hydrogens is 247 g/mol. The zero-order chi connectivity index (χ0) is 13.8. The van der Waals surface area contributed by atoms with Crippen LogP contribution in [-0.4, -0.2) is 12.3 Å². The third-order valence-corrected chi connectivity index (χ3v) is 6.69. The van der Waals surface area contributed by atoms with Crippen LogP contribution < -0.4 is 5.30 Å². The summed E-state index contributed by atoms with van der Waals surface area (Å²) in [5, 5.41) is 4.47. The second-order valence-electron chi connectivity index (χ2n) is 6.19. The van der Waals surface area contributed by atoms with Crippen LogP contribution in [0.25, 0.3) is 10.8 Å². The van der Waals surface area contributed by atoms with Gasteiger partial charge in [-0.3, -0.25) is 0 Å². The Hall–Kier alpha value is -0.870. The van der Waals surface area contributed by atoms with E-state index in [-0.39, 0.29) is 7.92 Å². The lowest BCUT2D eigenvalue weighted by Crippen LogP contribution is -2.13. The molecule has 2 aromatic carbocycles. The van der Waals surface area contributed by atoms with Crippen LogP contribution in [0.15, 0.2) is 42.5 Å². The minimum absolute atomic E-state index is 0.0345. The average Bonchev–Trinajstić information content (AvgIpc) is 2.36. The molecule has 19 heavy (non-hydrogen) atoms. The normalized spacial score (nSPS) is 11.9. The predicted octanol–water partition coefficient (Wildman–Crippen LogP) is 5.26. The van der Waals surface area contributed by atoms with Crippen molar-refractivity contribution in [1.29, 1.82) is 0 Å². The van der Waals surface area contributed by atoms with Gasteiger partial charge in [0.25, 0.3) is 0 Å². The minimum Gasteiger partial charge on any atom is -0.0741 e. The molecule has 2 rings (SSSR count). The van der Waals surface area contributed by atoms with Gasteiger partial charge in [0.1, 0.15) is 0 Å². The molecule has 102 valence electrons. The molecule has 0 radical (unpaired) electrons. The minimum atomic E-state index is -0.0345. The SMILES string of the molecule is CC(C)CP(CC(C)C)c1cccc2ccccc12. The fourth-order valence-corrected chi connectivity index (χ4v) is 5.78. The van der Waals surface area contributed by atoms with Crippen LogP contribution in [0.1, 0.15) is 27.7 Å². The van der Waals surface area contributed by atoms with Gasteiger partial charge in [0, 0.05) is 0 Å². The van der Waals surface area contributed by atoms with Crippen LogP contribution >= 0.6 is 7.92 Å². The third-order valence-electron chi connectivity index (χ3n) is 3.28. The first kappa shape index (κ1) is 14.5. The van der Waals surface area contributed by atoms with Gasteiger partial charge in [0.15, 0.2) is 0 Å². The van der Waals surface area contributed by atoms with Crippen molar-refractivity contribution in [2.45, 2.75) is 27.7 Å². The number of hydrogen-bond donors (Lipinski definition) is 0. The molecular formula is C18H25P. The fourth-order valence-electron chi connectivity index (χ4n) is 2.64. The molecule has 1 heteroatoms. The molecule has 0 unspecified atom stereocenters. The first-order valence-corrected chi connectivity index (χ1v) is 9.02. The van der Waals surface area contributed by atoms with Gasteiger partial charge >= 0.3 is 0 Å². The van der Waals surface area contributed by atoms with Crippen LogP contribution in [0.4, 0.5) is 0 Å². The van der Waals surface area contributed by atoms with Crippen molar-refractivity contribution in [2.24, 2.45) is 11.8 Å². The van der Waals surface area contributed by atoms with Crippen molar-refractivity contribution in [3.63, 3.8) is 0 Å². The Labute approximate surface area is 119 Å². The van der Waals surface area contributed by atoms with Crippen LogP contribution in [0.3, 0.4) is 0 Å². The summed E-state index contributed by atoms with van der Waals surface area (Å²) >= 11 is 0. The van der Waals surface area contributed by atoms with E-state index in [9.17, 15) is 0 Å². The highest BCUT2D eigenvalue weighted by Crippen LogP contribution is 2.40. The van der Waals surface area contributed by atoms with Crippen LogP contribution in [0.5, 0.6) is 0 Å². The summed E-state index contributed by atoms with van der Waals surface area (Å²) in [7, 11) is -0.0345. The Morgan fingerprint density at radius 1 is 0.789 bits per heavy atom. The zero-order valence-corrected chi connectivity index (χ0v) is 13.5. The fraction of sp³-hybridized carbons (Fsp3) is 0.444.